The molecule has 0 saturated heterocycles. The summed E-state index contributed by atoms with van der Waals surface area (Å²) in [4.78, 5) is 7.57. The van der Waals surface area contributed by atoms with E-state index in [1.54, 1.807) is 6.08 Å². The Labute approximate surface area is 135 Å². The number of hydrogen-bond acceptors (Lipinski definition) is 3. The molecule has 1 heterocycles. The lowest BCUT2D eigenvalue weighted by Crippen LogP contribution is -2.25. The summed E-state index contributed by atoms with van der Waals surface area (Å²) in [6, 6.07) is 0.333. The zero-order chi connectivity index (χ0) is 17.5. The zero-order valence-corrected chi connectivity index (χ0v) is 14.9. The van der Waals surface area contributed by atoms with E-state index in [0.717, 1.165) is 22.1 Å². The Morgan fingerprint density at radius 1 is 1.27 bits per heavy atom. The summed E-state index contributed by atoms with van der Waals surface area (Å²) >= 11 is 0. The van der Waals surface area contributed by atoms with Crippen LogP contribution in [0.1, 0.15) is 47.4 Å². The van der Waals surface area contributed by atoms with Crippen molar-refractivity contribution in [1.29, 1.82) is 0 Å². The largest absolute Gasteiger partial charge is 0.403 e. The molecule has 124 valence electrons. The summed E-state index contributed by atoms with van der Waals surface area (Å²) in [5.41, 5.74) is 11.6. The number of hydrogen-bond donors (Lipinski definition) is 3. The molecule has 0 aliphatic heterocycles. The molecule has 5 N–H and O–H groups in total. The topological polar surface area (TPSA) is 80.7 Å². The minimum absolute atomic E-state index is 0.333. The van der Waals surface area contributed by atoms with Crippen molar-refractivity contribution in [2.24, 2.45) is 11.5 Å². The molecule has 22 heavy (non-hydrogen) atoms. The van der Waals surface area contributed by atoms with Crippen LogP contribution in [-0.2, 0) is 0 Å². The van der Waals surface area contributed by atoms with Gasteiger partial charge in [-0.25, -0.2) is 4.98 Å². The Hall–Kier alpha value is -2.07. The van der Waals surface area contributed by atoms with E-state index in [9.17, 15) is 0 Å². The van der Waals surface area contributed by atoms with Gasteiger partial charge in [0.2, 0.25) is 0 Å². The van der Waals surface area contributed by atoms with Gasteiger partial charge in [-0.3, -0.25) is 0 Å². The first-order valence-electron chi connectivity index (χ1n) is 7.65. The monoisotopic (exact) mass is 304 g/mol. The SMILES string of the molecule is C=C/C(=C\C=C/C)c1nc(=C/C)/c(=C\N)[nH]1.CC.CC(C)N. The Morgan fingerprint density at radius 2 is 1.82 bits per heavy atom. The summed E-state index contributed by atoms with van der Waals surface area (Å²) < 4.78 is 0. The minimum Gasteiger partial charge on any atom is -0.403 e. The van der Waals surface area contributed by atoms with Crippen molar-refractivity contribution in [3.8, 4) is 0 Å². The quantitative estimate of drug-likeness (QED) is 0.750. The van der Waals surface area contributed by atoms with Crippen molar-refractivity contribution in [2.75, 3.05) is 0 Å². The van der Waals surface area contributed by atoms with Crippen molar-refractivity contribution in [3.05, 3.63) is 47.4 Å². The lowest BCUT2D eigenvalue weighted by atomic mass is 10.2. The predicted molar refractivity (Wildman–Crippen MR) is 100 cm³/mol. The van der Waals surface area contributed by atoms with Gasteiger partial charge in [-0.15, -0.1) is 0 Å². The average Bonchev–Trinajstić information content (AvgIpc) is 2.93. The molecule has 0 spiro atoms. The first kappa shape index (κ1) is 22.2. The predicted octanol–water partition coefficient (Wildman–Crippen LogP) is 2.43. The molecular formula is C18H32N4. The maximum Gasteiger partial charge on any atom is 0.138 e. The molecule has 0 atom stereocenters. The van der Waals surface area contributed by atoms with Crippen molar-refractivity contribution in [3.63, 3.8) is 0 Å². The summed E-state index contributed by atoms with van der Waals surface area (Å²) in [6.45, 7) is 15.5. The summed E-state index contributed by atoms with van der Waals surface area (Å²) in [6.07, 6.45) is 11.0. The maximum absolute atomic E-state index is 5.51. The second kappa shape index (κ2) is 13.9. The molecule has 1 aromatic heterocycles. The fourth-order valence-corrected chi connectivity index (χ4v) is 1.33. The normalized spacial score (nSPS) is 12.8. The fourth-order valence-electron chi connectivity index (χ4n) is 1.33. The third kappa shape index (κ3) is 8.97. The molecule has 0 bridgehead atoms. The molecule has 0 fully saturated rings. The van der Waals surface area contributed by atoms with Crippen LogP contribution < -0.4 is 22.2 Å². The number of imidazole rings is 1. The van der Waals surface area contributed by atoms with E-state index in [0.29, 0.717) is 6.04 Å². The van der Waals surface area contributed by atoms with Crippen LogP contribution in [-0.4, -0.2) is 16.0 Å². The molecule has 0 aliphatic carbocycles. The van der Waals surface area contributed by atoms with Crippen LogP contribution in [0.15, 0.2) is 30.9 Å². The number of nitrogens with zero attached hydrogens (tertiary/aromatic N) is 1. The lowest BCUT2D eigenvalue weighted by Gasteiger charge is -1.93. The van der Waals surface area contributed by atoms with Gasteiger partial charge in [-0.1, -0.05) is 64.7 Å². The van der Waals surface area contributed by atoms with Crippen LogP contribution >= 0.6 is 0 Å². The van der Waals surface area contributed by atoms with Gasteiger partial charge in [-0.05, 0) is 19.9 Å². The number of allylic oxidation sites excluding steroid dienone is 5. The van der Waals surface area contributed by atoms with Crippen molar-refractivity contribution >= 4 is 17.8 Å². The summed E-state index contributed by atoms with van der Waals surface area (Å²) in [5, 5.41) is 1.68. The third-order valence-electron chi connectivity index (χ3n) is 2.16. The molecule has 1 aromatic rings. The van der Waals surface area contributed by atoms with Gasteiger partial charge in [-0.2, -0.15) is 0 Å². The van der Waals surface area contributed by atoms with E-state index in [2.05, 4.69) is 16.5 Å². The number of aromatic nitrogens is 2. The standard InChI is InChI=1S/C13H17N3.C3H9N.C2H6/c1-4-7-8-10(5-2)13-15-11(6-3)12(9-14)16-13;1-3(2)4;1-2/h4-9H,2,14H2,1,3H3,(H,15,16);3H,4H2,1-2H3;1-2H3/b7-4-,10-8+,11-6+,12-9+;;. The van der Waals surface area contributed by atoms with E-state index < -0.39 is 0 Å². The number of nitrogens with one attached hydrogen (secondary N) is 1. The van der Waals surface area contributed by atoms with Crippen molar-refractivity contribution < 1.29 is 0 Å². The number of aromatic amines is 1. The first-order chi connectivity index (χ1) is 10.5. The van der Waals surface area contributed by atoms with E-state index in [1.165, 1.54) is 6.20 Å². The highest BCUT2D eigenvalue weighted by molar-refractivity contribution is 5.70. The van der Waals surface area contributed by atoms with Gasteiger partial charge in [0.1, 0.15) is 5.82 Å². The number of H-pyrrole nitrogens is 1. The second-order valence-corrected chi connectivity index (χ2v) is 4.44. The second-order valence-electron chi connectivity index (χ2n) is 4.44. The van der Waals surface area contributed by atoms with Crippen molar-refractivity contribution in [1.82, 2.24) is 9.97 Å². The molecular weight excluding hydrogens is 272 g/mol. The molecule has 0 saturated carbocycles. The molecule has 0 radical (unpaired) electrons. The summed E-state index contributed by atoms with van der Waals surface area (Å²) in [5.74, 6) is 0.776. The number of rotatable bonds is 3. The van der Waals surface area contributed by atoms with Gasteiger partial charge in [0.05, 0.1) is 10.7 Å². The van der Waals surface area contributed by atoms with E-state index in [-0.39, 0.29) is 0 Å². The van der Waals surface area contributed by atoms with Crippen LogP contribution in [0.4, 0.5) is 0 Å². The third-order valence-corrected chi connectivity index (χ3v) is 2.16. The van der Waals surface area contributed by atoms with Crippen LogP contribution in [0.5, 0.6) is 0 Å². The molecule has 0 amide bonds. The fraction of sp³-hybridized carbons (Fsp3) is 0.389. The van der Waals surface area contributed by atoms with Crippen LogP contribution in [0, 0.1) is 0 Å². The molecule has 4 nitrogen and oxygen atoms in total. The average molecular weight is 304 g/mol. The first-order valence-corrected chi connectivity index (χ1v) is 7.65. The highest BCUT2D eigenvalue weighted by atomic mass is 14.9. The van der Waals surface area contributed by atoms with Gasteiger partial charge >= 0.3 is 0 Å². The lowest BCUT2D eigenvalue weighted by molar-refractivity contribution is 0.834. The maximum atomic E-state index is 5.51. The zero-order valence-electron chi connectivity index (χ0n) is 14.9. The molecule has 0 aromatic carbocycles. The van der Waals surface area contributed by atoms with Crippen molar-refractivity contribution in [2.45, 2.75) is 47.6 Å². The van der Waals surface area contributed by atoms with Gasteiger partial charge in [0, 0.05) is 11.8 Å². The van der Waals surface area contributed by atoms with Crippen LogP contribution in [0.25, 0.3) is 17.8 Å². The molecule has 4 heteroatoms. The van der Waals surface area contributed by atoms with Crippen LogP contribution in [0.2, 0.25) is 0 Å². The van der Waals surface area contributed by atoms with Gasteiger partial charge in [0.15, 0.2) is 0 Å². The van der Waals surface area contributed by atoms with Crippen LogP contribution in [0.3, 0.4) is 0 Å². The van der Waals surface area contributed by atoms with E-state index in [4.69, 9.17) is 11.5 Å². The summed E-state index contributed by atoms with van der Waals surface area (Å²) in [7, 11) is 0. The Bertz CT molecular complexity index is 540. The highest BCUT2D eigenvalue weighted by Gasteiger charge is 2.00. The minimum atomic E-state index is 0.333. The van der Waals surface area contributed by atoms with Gasteiger partial charge < -0.3 is 16.5 Å². The Morgan fingerprint density at radius 3 is 2.14 bits per heavy atom. The highest BCUT2D eigenvalue weighted by Crippen LogP contribution is 2.07. The molecule has 1 rings (SSSR count). The number of nitrogens with two attached hydrogens (primary N) is 2. The Kier molecular flexibility index (Phi) is 14.0. The van der Waals surface area contributed by atoms with E-state index >= 15 is 0 Å². The molecule has 0 aliphatic rings. The molecule has 0 unspecified atom stereocenters. The smallest absolute Gasteiger partial charge is 0.138 e. The van der Waals surface area contributed by atoms with E-state index in [1.807, 2.05) is 65.8 Å². The Balaban J connectivity index is 0. The van der Waals surface area contributed by atoms with Gasteiger partial charge in [0.25, 0.3) is 0 Å².